The predicted octanol–water partition coefficient (Wildman–Crippen LogP) is 3.28. The number of nitrogens with one attached hydrogen (secondary N) is 2. The Morgan fingerprint density at radius 1 is 1.03 bits per heavy atom. The van der Waals surface area contributed by atoms with E-state index < -0.39 is 5.91 Å². The fraction of sp³-hybridized carbons (Fsp3) is 0.292. The van der Waals surface area contributed by atoms with Crippen LogP contribution in [0.1, 0.15) is 45.0 Å². The number of hydrogen-bond donors (Lipinski definition) is 2. The first-order valence-electron chi connectivity index (χ1n) is 10.6. The molecular weight excluding hydrogens is 424 g/mol. The molecule has 32 heavy (non-hydrogen) atoms. The topological polar surface area (TPSA) is 83.4 Å². The first-order chi connectivity index (χ1) is 15.4. The number of hydrogen-bond acceptors (Lipinski definition) is 4. The Kier molecular flexibility index (Phi) is 6.41. The van der Waals surface area contributed by atoms with Crippen molar-refractivity contribution in [2.75, 3.05) is 6.54 Å². The third kappa shape index (κ3) is 4.60. The average Bonchev–Trinajstić information content (AvgIpc) is 3.39. The van der Waals surface area contributed by atoms with Crippen LogP contribution in [0.4, 0.5) is 0 Å². The molecule has 166 valence electrons. The molecule has 8 heteroatoms. The lowest BCUT2D eigenvalue weighted by Crippen LogP contribution is -2.42. The fourth-order valence-electron chi connectivity index (χ4n) is 4.06. The van der Waals surface area contributed by atoms with Gasteiger partial charge in [0.1, 0.15) is 0 Å². The molecule has 0 unspecified atom stereocenters. The number of aryl methyl sites for hydroxylation is 1. The van der Waals surface area contributed by atoms with E-state index >= 15 is 0 Å². The molecule has 0 radical (unpaired) electrons. The van der Waals surface area contributed by atoms with Gasteiger partial charge >= 0.3 is 0 Å². The number of carbonyl (C=O) groups excluding carboxylic acids is 3. The molecule has 0 fully saturated rings. The molecule has 1 aromatic carbocycles. The van der Waals surface area contributed by atoms with Crippen molar-refractivity contribution in [3.05, 3.63) is 75.2 Å². The molecule has 1 aliphatic heterocycles. The van der Waals surface area contributed by atoms with Crippen LogP contribution in [0.25, 0.3) is 5.69 Å². The van der Waals surface area contributed by atoms with Crippen LogP contribution in [0.3, 0.4) is 0 Å². The Balaban J connectivity index is 1.28. The van der Waals surface area contributed by atoms with E-state index in [2.05, 4.69) is 16.9 Å². The van der Waals surface area contributed by atoms with Gasteiger partial charge in [-0.15, -0.1) is 11.3 Å². The zero-order chi connectivity index (χ0) is 22.7. The molecule has 0 saturated carbocycles. The van der Waals surface area contributed by atoms with Crippen LogP contribution in [0.15, 0.2) is 47.8 Å². The summed E-state index contributed by atoms with van der Waals surface area (Å²) in [6.45, 7) is 5.09. The fourth-order valence-corrected chi connectivity index (χ4v) is 4.95. The van der Waals surface area contributed by atoms with E-state index in [0.717, 1.165) is 23.5 Å². The zero-order valence-corrected chi connectivity index (χ0v) is 19.0. The van der Waals surface area contributed by atoms with E-state index in [9.17, 15) is 14.4 Å². The van der Waals surface area contributed by atoms with E-state index in [-0.39, 0.29) is 24.7 Å². The van der Waals surface area contributed by atoms with Crippen molar-refractivity contribution in [2.45, 2.75) is 39.7 Å². The monoisotopic (exact) mass is 450 g/mol. The van der Waals surface area contributed by atoms with Crippen LogP contribution in [0.5, 0.6) is 0 Å². The molecule has 0 spiro atoms. The number of rotatable bonds is 5. The minimum atomic E-state index is -0.392. The molecule has 7 nitrogen and oxygen atoms in total. The van der Waals surface area contributed by atoms with Crippen LogP contribution in [-0.2, 0) is 22.6 Å². The Morgan fingerprint density at radius 2 is 1.81 bits per heavy atom. The van der Waals surface area contributed by atoms with Crippen LogP contribution in [0.2, 0.25) is 0 Å². The van der Waals surface area contributed by atoms with Crippen molar-refractivity contribution in [3.63, 3.8) is 0 Å². The lowest BCUT2D eigenvalue weighted by molar-refractivity contribution is -0.134. The van der Waals surface area contributed by atoms with Gasteiger partial charge in [-0.1, -0.05) is 18.2 Å². The molecule has 3 aromatic rings. The SMILES string of the molecule is Cc1cc(C(=O)NNC(=O)CCC(=O)N2CCc3sccc3C2)c(C)n1-c1ccccc1. The van der Waals surface area contributed by atoms with Gasteiger partial charge in [-0.2, -0.15) is 0 Å². The van der Waals surface area contributed by atoms with Gasteiger partial charge in [0.15, 0.2) is 0 Å². The maximum absolute atomic E-state index is 12.6. The number of thiophene rings is 1. The predicted molar refractivity (Wildman–Crippen MR) is 124 cm³/mol. The molecule has 2 aromatic heterocycles. The number of nitrogens with zero attached hydrogens (tertiary/aromatic N) is 2. The highest BCUT2D eigenvalue weighted by Crippen LogP contribution is 2.24. The summed E-state index contributed by atoms with van der Waals surface area (Å²) in [5, 5.41) is 2.05. The summed E-state index contributed by atoms with van der Waals surface area (Å²) in [5.41, 5.74) is 9.26. The Hall–Kier alpha value is -3.39. The van der Waals surface area contributed by atoms with Crippen LogP contribution in [0, 0.1) is 13.8 Å². The molecular formula is C24H26N4O3S. The maximum Gasteiger partial charge on any atom is 0.271 e. The zero-order valence-electron chi connectivity index (χ0n) is 18.2. The van der Waals surface area contributed by atoms with Crippen LogP contribution in [-0.4, -0.2) is 33.7 Å². The van der Waals surface area contributed by atoms with Gasteiger partial charge in [-0.05, 0) is 55.5 Å². The van der Waals surface area contributed by atoms with Gasteiger partial charge in [0.25, 0.3) is 5.91 Å². The molecule has 3 heterocycles. The van der Waals surface area contributed by atoms with E-state index in [1.54, 1.807) is 22.3 Å². The molecule has 1 aliphatic rings. The standard InChI is InChI=1S/C24H26N4O3S/c1-16-14-20(17(2)28(16)19-6-4-3-5-7-19)24(31)26-25-22(29)8-9-23(30)27-12-10-21-18(15-27)11-13-32-21/h3-7,11,13-14H,8-10,12,15H2,1-2H3,(H,25,29)(H,26,31). The van der Waals surface area contributed by atoms with Gasteiger partial charge in [0, 0.05) is 47.9 Å². The minimum absolute atomic E-state index is 0.0230. The van der Waals surface area contributed by atoms with Gasteiger partial charge < -0.3 is 9.47 Å². The Labute approximate surface area is 191 Å². The highest BCUT2D eigenvalue weighted by atomic mass is 32.1. The summed E-state index contributed by atoms with van der Waals surface area (Å²) < 4.78 is 1.99. The summed E-state index contributed by atoms with van der Waals surface area (Å²) in [6, 6.07) is 13.6. The quantitative estimate of drug-likeness (QED) is 0.585. The number of hydrazine groups is 1. The van der Waals surface area contributed by atoms with Crippen molar-refractivity contribution in [3.8, 4) is 5.69 Å². The van der Waals surface area contributed by atoms with Crippen LogP contribution < -0.4 is 10.9 Å². The largest absolute Gasteiger partial charge is 0.338 e. The molecule has 0 atom stereocenters. The second kappa shape index (κ2) is 9.40. The van der Waals surface area contributed by atoms with E-state index in [0.29, 0.717) is 18.7 Å². The third-order valence-corrected chi connectivity index (χ3v) is 6.75. The van der Waals surface area contributed by atoms with Crippen molar-refractivity contribution in [1.29, 1.82) is 0 Å². The van der Waals surface area contributed by atoms with E-state index in [1.165, 1.54) is 10.4 Å². The lowest BCUT2D eigenvalue weighted by Gasteiger charge is -2.27. The van der Waals surface area contributed by atoms with Gasteiger partial charge in [-0.25, -0.2) is 0 Å². The van der Waals surface area contributed by atoms with Crippen molar-refractivity contribution >= 4 is 29.1 Å². The summed E-state index contributed by atoms with van der Waals surface area (Å²) in [4.78, 5) is 40.4. The van der Waals surface area contributed by atoms with E-state index in [4.69, 9.17) is 0 Å². The maximum atomic E-state index is 12.6. The number of benzene rings is 1. The Morgan fingerprint density at radius 3 is 2.59 bits per heavy atom. The van der Waals surface area contributed by atoms with Gasteiger partial charge in [-0.3, -0.25) is 25.2 Å². The van der Waals surface area contributed by atoms with Gasteiger partial charge in [0.05, 0.1) is 5.56 Å². The third-order valence-electron chi connectivity index (χ3n) is 5.73. The van der Waals surface area contributed by atoms with Crippen molar-refractivity contribution in [1.82, 2.24) is 20.3 Å². The minimum Gasteiger partial charge on any atom is -0.338 e. The Bertz CT molecular complexity index is 1150. The highest BCUT2D eigenvalue weighted by Gasteiger charge is 2.22. The first-order valence-corrected chi connectivity index (χ1v) is 11.5. The molecule has 4 rings (SSSR count). The van der Waals surface area contributed by atoms with Crippen molar-refractivity contribution in [2.24, 2.45) is 0 Å². The van der Waals surface area contributed by atoms with E-state index in [1.807, 2.05) is 54.1 Å². The normalized spacial score (nSPS) is 12.9. The molecule has 0 aliphatic carbocycles. The average molecular weight is 451 g/mol. The number of fused-ring (bicyclic) bond motifs is 1. The molecule has 0 saturated heterocycles. The molecule has 3 amide bonds. The van der Waals surface area contributed by atoms with Crippen LogP contribution >= 0.6 is 11.3 Å². The smallest absolute Gasteiger partial charge is 0.271 e. The lowest BCUT2D eigenvalue weighted by atomic mass is 10.1. The van der Waals surface area contributed by atoms with Gasteiger partial charge in [0.2, 0.25) is 11.8 Å². The number of amides is 3. The second-order valence-electron chi connectivity index (χ2n) is 7.89. The molecule has 2 N–H and O–H groups in total. The summed E-state index contributed by atoms with van der Waals surface area (Å²) >= 11 is 1.72. The molecule has 0 bridgehead atoms. The second-order valence-corrected chi connectivity index (χ2v) is 8.89. The first kappa shape index (κ1) is 21.8. The number of para-hydroxylation sites is 1. The number of aromatic nitrogens is 1. The van der Waals surface area contributed by atoms with Crippen molar-refractivity contribution < 1.29 is 14.4 Å². The summed E-state index contributed by atoms with van der Waals surface area (Å²) in [6.07, 6.45) is 1.00. The number of carbonyl (C=O) groups is 3. The summed E-state index contributed by atoms with van der Waals surface area (Å²) in [5.74, 6) is -0.826. The summed E-state index contributed by atoms with van der Waals surface area (Å²) in [7, 11) is 0. The highest BCUT2D eigenvalue weighted by molar-refractivity contribution is 7.10.